The number of amides is 1. The first-order valence-electron chi connectivity index (χ1n) is 6.03. The Morgan fingerprint density at radius 3 is 2.35 bits per heavy atom. The molecule has 6 nitrogen and oxygen atoms in total. The van der Waals surface area contributed by atoms with Crippen molar-refractivity contribution in [3.05, 3.63) is 64.5 Å². The molecule has 0 saturated carbocycles. The number of rotatable bonds is 4. The molecule has 2 rings (SSSR count). The molecule has 20 heavy (non-hydrogen) atoms. The van der Waals surface area contributed by atoms with E-state index in [0.717, 1.165) is 5.56 Å². The highest BCUT2D eigenvalue weighted by molar-refractivity contribution is 5.95. The van der Waals surface area contributed by atoms with Crippen LogP contribution in [0.25, 0.3) is 0 Å². The van der Waals surface area contributed by atoms with Gasteiger partial charge < -0.3 is 5.32 Å². The summed E-state index contributed by atoms with van der Waals surface area (Å²) in [6.07, 6.45) is 3.18. The molecular formula is C14H13N3O3. The Kier molecular flexibility index (Phi) is 4.05. The fourth-order valence-corrected chi connectivity index (χ4v) is 1.72. The zero-order chi connectivity index (χ0) is 14.5. The first kappa shape index (κ1) is 13.7. The van der Waals surface area contributed by atoms with Crippen LogP contribution in [-0.2, 0) is 4.79 Å². The highest BCUT2D eigenvalue weighted by Gasteiger charge is 2.16. The number of hydrogen-bond donors (Lipinski definition) is 1. The normalized spacial score (nSPS) is 11.7. The summed E-state index contributed by atoms with van der Waals surface area (Å²) >= 11 is 0. The lowest BCUT2D eigenvalue weighted by Crippen LogP contribution is -2.18. The first-order valence-corrected chi connectivity index (χ1v) is 6.03. The van der Waals surface area contributed by atoms with Gasteiger partial charge in [-0.15, -0.1) is 0 Å². The molecule has 1 heterocycles. The van der Waals surface area contributed by atoms with Crippen LogP contribution < -0.4 is 5.32 Å². The molecule has 6 heteroatoms. The third-order valence-electron chi connectivity index (χ3n) is 2.95. The Hall–Kier alpha value is -2.76. The molecule has 0 radical (unpaired) electrons. The van der Waals surface area contributed by atoms with Gasteiger partial charge in [0.15, 0.2) is 0 Å². The molecule has 0 bridgehead atoms. The van der Waals surface area contributed by atoms with Crippen molar-refractivity contribution in [2.75, 3.05) is 5.32 Å². The van der Waals surface area contributed by atoms with Crippen molar-refractivity contribution in [2.24, 2.45) is 0 Å². The van der Waals surface area contributed by atoms with E-state index in [9.17, 15) is 14.9 Å². The van der Waals surface area contributed by atoms with Gasteiger partial charge >= 0.3 is 0 Å². The fraction of sp³-hybridized carbons (Fsp3) is 0.143. The summed E-state index contributed by atoms with van der Waals surface area (Å²) in [6.45, 7) is 1.75. The summed E-state index contributed by atoms with van der Waals surface area (Å²) in [6, 6.07) is 9.36. The standard InChI is InChI=1S/C14H13N3O3/c1-10(11-2-4-13(5-3-11)17(19)20)14(18)16-12-6-8-15-9-7-12/h2-10H,1H3,(H,15,16,18)/t10-/m0/s1. The van der Waals surface area contributed by atoms with Crippen LogP contribution in [0.3, 0.4) is 0 Å². The number of carbonyl (C=O) groups excluding carboxylic acids is 1. The number of nitrogens with one attached hydrogen (secondary N) is 1. The van der Waals surface area contributed by atoms with Crippen LogP contribution >= 0.6 is 0 Å². The van der Waals surface area contributed by atoms with E-state index in [-0.39, 0.29) is 11.6 Å². The lowest BCUT2D eigenvalue weighted by molar-refractivity contribution is -0.384. The predicted molar refractivity (Wildman–Crippen MR) is 74.4 cm³/mol. The van der Waals surface area contributed by atoms with Crippen LogP contribution in [0.1, 0.15) is 18.4 Å². The van der Waals surface area contributed by atoms with Crippen molar-refractivity contribution in [1.82, 2.24) is 4.98 Å². The van der Waals surface area contributed by atoms with Crippen molar-refractivity contribution in [1.29, 1.82) is 0 Å². The topological polar surface area (TPSA) is 85.1 Å². The van der Waals surface area contributed by atoms with Crippen molar-refractivity contribution >= 4 is 17.3 Å². The third-order valence-corrected chi connectivity index (χ3v) is 2.95. The molecule has 0 aliphatic heterocycles. The predicted octanol–water partition coefficient (Wildman–Crippen LogP) is 2.73. The summed E-state index contributed by atoms with van der Waals surface area (Å²) in [5.74, 6) is -0.575. The number of hydrogen-bond acceptors (Lipinski definition) is 4. The van der Waals surface area contributed by atoms with Gasteiger partial charge in [-0.05, 0) is 24.6 Å². The fourth-order valence-electron chi connectivity index (χ4n) is 1.72. The minimum atomic E-state index is -0.467. The van der Waals surface area contributed by atoms with E-state index in [2.05, 4.69) is 10.3 Å². The molecule has 2 aromatic rings. The van der Waals surface area contributed by atoms with Crippen molar-refractivity contribution in [2.45, 2.75) is 12.8 Å². The molecule has 1 atom stereocenters. The minimum absolute atomic E-state index is 0.00971. The monoisotopic (exact) mass is 271 g/mol. The Morgan fingerprint density at radius 1 is 1.20 bits per heavy atom. The van der Waals surface area contributed by atoms with Gasteiger partial charge in [-0.3, -0.25) is 19.9 Å². The van der Waals surface area contributed by atoms with Gasteiger partial charge in [0.2, 0.25) is 5.91 Å². The molecule has 1 aromatic carbocycles. The van der Waals surface area contributed by atoms with E-state index in [4.69, 9.17) is 0 Å². The number of nitrogens with zero attached hydrogens (tertiary/aromatic N) is 2. The molecule has 0 aliphatic carbocycles. The van der Waals surface area contributed by atoms with E-state index in [0.29, 0.717) is 5.69 Å². The van der Waals surface area contributed by atoms with Gasteiger partial charge in [0.25, 0.3) is 5.69 Å². The van der Waals surface area contributed by atoms with Crippen LogP contribution in [0.4, 0.5) is 11.4 Å². The smallest absolute Gasteiger partial charge is 0.269 e. The maximum Gasteiger partial charge on any atom is 0.269 e. The van der Waals surface area contributed by atoms with E-state index in [1.165, 1.54) is 12.1 Å². The molecule has 102 valence electrons. The van der Waals surface area contributed by atoms with E-state index >= 15 is 0 Å². The van der Waals surface area contributed by atoms with Crippen LogP contribution in [0, 0.1) is 10.1 Å². The number of pyridine rings is 1. The number of benzene rings is 1. The SMILES string of the molecule is C[C@H](C(=O)Nc1ccncc1)c1ccc([N+](=O)[O-])cc1. The molecule has 0 aliphatic rings. The lowest BCUT2D eigenvalue weighted by atomic mass is 10.00. The van der Waals surface area contributed by atoms with Crippen LogP contribution in [0.2, 0.25) is 0 Å². The summed E-state index contributed by atoms with van der Waals surface area (Å²) in [4.78, 5) is 26.0. The number of carbonyl (C=O) groups is 1. The van der Waals surface area contributed by atoms with E-state index in [1.54, 1.807) is 43.6 Å². The highest BCUT2D eigenvalue weighted by Crippen LogP contribution is 2.20. The molecule has 1 aromatic heterocycles. The number of aromatic nitrogens is 1. The van der Waals surface area contributed by atoms with E-state index in [1.807, 2.05) is 0 Å². The summed E-state index contributed by atoms with van der Waals surface area (Å²) in [5.41, 5.74) is 1.40. The third kappa shape index (κ3) is 3.17. The maximum atomic E-state index is 12.1. The number of anilines is 1. The lowest BCUT2D eigenvalue weighted by Gasteiger charge is -2.12. The molecule has 0 fully saturated rings. The summed E-state index contributed by atoms with van der Waals surface area (Å²) in [7, 11) is 0. The molecule has 0 saturated heterocycles. The van der Waals surface area contributed by atoms with Crippen molar-refractivity contribution in [3.63, 3.8) is 0 Å². The largest absolute Gasteiger partial charge is 0.325 e. The maximum absolute atomic E-state index is 12.1. The Bertz CT molecular complexity index is 611. The zero-order valence-electron chi connectivity index (χ0n) is 10.8. The van der Waals surface area contributed by atoms with Crippen LogP contribution in [0.5, 0.6) is 0 Å². The molecule has 1 amide bonds. The van der Waals surface area contributed by atoms with Crippen LogP contribution in [0.15, 0.2) is 48.8 Å². The molecule has 1 N–H and O–H groups in total. The second-order valence-corrected chi connectivity index (χ2v) is 4.30. The van der Waals surface area contributed by atoms with Gasteiger partial charge in [0.1, 0.15) is 0 Å². The Morgan fingerprint density at radius 2 is 1.80 bits per heavy atom. The summed E-state index contributed by atoms with van der Waals surface area (Å²) in [5, 5.41) is 13.3. The molecule has 0 unspecified atom stereocenters. The summed E-state index contributed by atoms with van der Waals surface area (Å²) < 4.78 is 0. The average molecular weight is 271 g/mol. The van der Waals surface area contributed by atoms with Gasteiger partial charge in [-0.2, -0.15) is 0 Å². The van der Waals surface area contributed by atoms with Crippen LogP contribution in [-0.4, -0.2) is 15.8 Å². The minimum Gasteiger partial charge on any atom is -0.325 e. The first-order chi connectivity index (χ1) is 9.58. The number of non-ortho nitro benzene ring substituents is 1. The number of nitro groups is 1. The second kappa shape index (κ2) is 5.92. The second-order valence-electron chi connectivity index (χ2n) is 4.30. The number of nitro benzene ring substituents is 1. The zero-order valence-corrected chi connectivity index (χ0v) is 10.8. The van der Waals surface area contributed by atoms with Gasteiger partial charge in [-0.1, -0.05) is 12.1 Å². The van der Waals surface area contributed by atoms with E-state index < -0.39 is 10.8 Å². The Balaban J connectivity index is 2.08. The van der Waals surface area contributed by atoms with Gasteiger partial charge in [0.05, 0.1) is 10.8 Å². The Labute approximate surface area is 115 Å². The van der Waals surface area contributed by atoms with Crippen molar-refractivity contribution in [3.8, 4) is 0 Å². The quantitative estimate of drug-likeness (QED) is 0.684. The van der Waals surface area contributed by atoms with Gasteiger partial charge in [-0.25, -0.2) is 0 Å². The average Bonchev–Trinajstić information content (AvgIpc) is 2.47. The van der Waals surface area contributed by atoms with Gasteiger partial charge in [0, 0.05) is 30.2 Å². The highest BCUT2D eigenvalue weighted by atomic mass is 16.6. The molecular weight excluding hydrogens is 258 g/mol. The molecule has 0 spiro atoms. The van der Waals surface area contributed by atoms with Crippen molar-refractivity contribution < 1.29 is 9.72 Å².